The van der Waals surface area contributed by atoms with Crippen molar-refractivity contribution in [2.24, 2.45) is 0 Å². The third-order valence-electron chi connectivity index (χ3n) is 4.91. The second-order valence-corrected chi connectivity index (χ2v) is 7.23. The van der Waals surface area contributed by atoms with Gasteiger partial charge >= 0.3 is 0 Å². The number of fused-ring (bicyclic) bond motifs is 1. The molecule has 0 spiro atoms. The molecule has 0 saturated carbocycles. The van der Waals surface area contributed by atoms with Gasteiger partial charge in [0.2, 0.25) is 0 Å². The van der Waals surface area contributed by atoms with Gasteiger partial charge in [-0.2, -0.15) is 0 Å². The summed E-state index contributed by atoms with van der Waals surface area (Å²) in [6, 6.07) is 20.9. The fraction of sp³-hybridized carbons (Fsp3) is 0.125. The average Bonchev–Trinajstić information content (AvgIpc) is 2.77. The van der Waals surface area contributed by atoms with Crippen molar-refractivity contribution in [3.63, 3.8) is 0 Å². The number of carbonyl (C=O) groups excluding carboxylic acids is 1. The van der Waals surface area contributed by atoms with E-state index in [4.69, 9.17) is 16.6 Å². The van der Waals surface area contributed by atoms with E-state index in [-0.39, 0.29) is 11.9 Å². The summed E-state index contributed by atoms with van der Waals surface area (Å²) in [5, 5.41) is 4.47. The van der Waals surface area contributed by atoms with Crippen molar-refractivity contribution < 1.29 is 4.79 Å². The van der Waals surface area contributed by atoms with E-state index < -0.39 is 0 Å². The lowest BCUT2D eigenvalue weighted by atomic mass is 10.0. The Morgan fingerprint density at radius 2 is 1.79 bits per heavy atom. The van der Waals surface area contributed by atoms with E-state index in [2.05, 4.69) is 17.2 Å². The fourth-order valence-electron chi connectivity index (χ4n) is 3.40. The van der Waals surface area contributed by atoms with Crippen molar-refractivity contribution in [2.75, 3.05) is 0 Å². The predicted molar refractivity (Wildman–Crippen MR) is 117 cm³/mol. The summed E-state index contributed by atoms with van der Waals surface area (Å²) in [5.41, 5.74) is 3.98. The molecule has 29 heavy (non-hydrogen) atoms. The van der Waals surface area contributed by atoms with Crippen LogP contribution in [0, 0.1) is 0 Å². The number of aromatic nitrogens is 2. The van der Waals surface area contributed by atoms with Crippen LogP contribution in [-0.4, -0.2) is 15.9 Å². The van der Waals surface area contributed by atoms with Crippen molar-refractivity contribution in [3.8, 4) is 11.3 Å². The zero-order valence-electron chi connectivity index (χ0n) is 16.0. The Morgan fingerprint density at radius 1 is 1.03 bits per heavy atom. The minimum absolute atomic E-state index is 0.0736. The Hall–Kier alpha value is -3.24. The maximum Gasteiger partial charge on any atom is 0.252 e. The van der Waals surface area contributed by atoms with Crippen LogP contribution in [0.15, 0.2) is 79.1 Å². The normalized spacial score (nSPS) is 11.9. The van der Waals surface area contributed by atoms with E-state index in [1.54, 1.807) is 24.5 Å². The number of rotatable bonds is 5. The number of hydrogen-bond donors (Lipinski definition) is 1. The number of pyridine rings is 2. The molecule has 1 atom stereocenters. The molecule has 0 aliphatic carbocycles. The van der Waals surface area contributed by atoms with Gasteiger partial charge in [-0.25, -0.2) is 4.98 Å². The zero-order chi connectivity index (χ0) is 20.2. The first-order valence-corrected chi connectivity index (χ1v) is 9.90. The van der Waals surface area contributed by atoms with E-state index in [1.165, 1.54) is 0 Å². The first-order chi connectivity index (χ1) is 14.2. The van der Waals surface area contributed by atoms with Gasteiger partial charge in [0.05, 0.1) is 22.8 Å². The number of hydrogen-bond acceptors (Lipinski definition) is 3. The molecular formula is C24H20ClN3O. The van der Waals surface area contributed by atoms with Gasteiger partial charge in [-0.3, -0.25) is 9.78 Å². The number of amides is 1. The molecule has 4 rings (SSSR count). The molecule has 0 aliphatic heterocycles. The van der Waals surface area contributed by atoms with E-state index in [9.17, 15) is 4.79 Å². The van der Waals surface area contributed by atoms with Crippen LogP contribution < -0.4 is 5.32 Å². The van der Waals surface area contributed by atoms with E-state index in [0.29, 0.717) is 10.6 Å². The van der Waals surface area contributed by atoms with Gasteiger partial charge in [0.15, 0.2) is 0 Å². The topological polar surface area (TPSA) is 54.9 Å². The average molecular weight is 402 g/mol. The summed E-state index contributed by atoms with van der Waals surface area (Å²) in [5.74, 6) is -0.148. The summed E-state index contributed by atoms with van der Waals surface area (Å²) in [7, 11) is 0. The molecule has 2 heterocycles. The van der Waals surface area contributed by atoms with Crippen LogP contribution in [0.5, 0.6) is 0 Å². The van der Waals surface area contributed by atoms with Crippen LogP contribution in [0.1, 0.15) is 35.3 Å². The summed E-state index contributed by atoms with van der Waals surface area (Å²) >= 11 is 6.21. The first kappa shape index (κ1) is 19.1. The molecule has 0 fully saturated rings. The maximum absolute atomic E-state index is 13.3. The van der Waals surface area contributed by atoms with Crippen LogP contribution >= 0.6 is 11.6 Å². The Labute approximate surface area is 174 Å². The lowest BCUT2D eigenvalue weighted by Crippen LogP contribution is -2.28. The van der Waals surface area contributed by atoms with Gasteiger partial charge in [0.25, 0.3) is 5.91 Å². The van der Waals surface area contributed by atoms with Crippen LogP contribution in [-0.2, 0) is 0 Å². The Bertz CT molecular complexity index is 1150. The van der Waals surface area contributed by atoms with Crippen LogP contribution in [0.2, 0.25) is 5.02 Å². The first-order valence-electron chi connectivity index (χ1n) is 9.52. The smallest absolute Gasteiger partial charge is 0.252 e. The van der Waals surface area contributed by atoms with Crippen LogP contribution in [0.25, 0.3) is 22.2 Å². The molecule has 0 unspecified atom stereocenters. The number of halogens is 1. The highest BCUT2D eigenvalue weighted by molar-refractivity contribution is 6.31. The molecule has 0 bridgehead atoms. The van der Waals surface area contributed by atoms with Crippen molar-refractivity contribution >= 4 is 28.4 Å². The fourth-order valence-corrected chi connectivity index (χ4v) is 3.57. The summed E-state index contributed by atoms with van der Waals surface area (Å²) in [6.45, 7) is 2.06. The molecule has 5 heteroatoms. The van der Waals surface area contributed by atoms with Crippen LogP contribution in [0.3, 0.4) is 0 Å². The molecule has 2 aromatic carbocycles. The lowest BCUT2D eigenvalue weighted by Gasteiger charge is -2.18. The van der Waals surface area contributed by atoms with Gasteiger partial charge in [-0.1, -0.05) is 48.9 Å². The molecule has 1 amide bonds. The highest BCUT2D eigenvalue weighted by Crippen LogP contribution is 2.27. The molecular weight excluding hydrogens is 382 g/mol. The SMILES string of the molecule is CC[C@@H](NC(=O)c1cc(-c2ccncc2)nc2ccc(Cl)cc12)c1ccccc1. The standard InChI is InChI=1S/C24H20ClN3O/c1-2-21(16-6-4-3-5-7-16)28-24(29)20-15-23(17-10-12-26-13-11-17)27-22-9-8-18(25)14-19(20)22/h3-15,21H,2H2,1H3,(H,28,29)/t21-/m1/s1. The Balaban J connectivity index is 1.78. The van der Waals surface area contributed by atoms with E-state index in [0.717, 1.165) is 34.1 Å². The third-order valence-corrected chi connectivity index (χ3v) is 5.14. The van der Waals surface area contributed by atoms with Gasteiger partial charge < -0.3 is 5.32 Å². The molecule has 4 aromatic rings. The monoisotopic (exact) mass is 401 g/mol. The predicted octanol–water partition coefficient (Wildman–Crippen LogP) is 5.83. The summed E-state index contributed by atoms with van der Waals surface area (Å²) in [4.78, 5) is 22.1. The molecule has 2 aromatic heterocycles. The van der Waals surface area contributed by atoms with Gasteiger partial charge in [-0.05, 0) is 48.4 Å². The summed E-state index contributed by atoms with van der Waals surface area (Å²) in [6.07, 6.45) is 4.22. The molecule has 1 N–H and O–H groups in total. The number of carbonyl (C=O) groups is 1. The molecule has 144 valence electrons. The molecule has 0 radical (unpaired) electrons. The Kier molecular flexibility index (Phi) is 5.54. The maximum atomic E-state index is 13.3. The summed E-state index contributed by atoms with van der Waals surface area (Å²) < 4.78 is 0. The van der Waals surface area contributed by atoms with E-state index in [1.807, 2.05) is 54.6 Å². The quantitative estimate of drug-likeness (QED) is 0.457. The zero-order valence-corrected chi connectivity index (χ0v) is 16.7. The Morgan fingerprint density at radius 3 is 2.52 bits per heavy atom. The number of nitrogens with zero attached hydrogens (tertiary/aromatic N) is 2. The molecule has 0 saturated heterocycles. The second kappa shape index (κ2) is 8.41. The largest absolute Gasteiger partial charge is 0.345 e. The molecule has 0 aliphatic rings. The van der Waals surface area contributed by atoms with Crippen molar-refractivity contribution in [2.45, 2.75) is 19.4 Å². The van der Waals surface area contributed by atoms with Crippen molar-refractivity contribution in [1.82, 2.24) is 15.3 Å². The van der Waals surface area contributed by atoms with Gasteiger partial charge in [0.1, 0.15) is 0 Å². The van der Waals surface area contributed by atoms with Crippen molar-refractivity contribution in [3.05, 3.63) is 95.3 Å². The molecule has 4 nitrogen and oxygen atoms in total. The second-order valence-electron chi connectivity index (χ2n) is 6.80. The minimum Gasteiger partial charge on any atom is -0.345 e. The highest BCUT2D eigenvalue weighted by atomic mass is 35.5. The van der Waals surface area contributed by atoms with Crippen LogP contribution in [0.4, 0.5) is 0 Å². The number of nitrogens with one attached hydrogen (secondary N) is 1. The minimum atomic E-state index is -0.148. The highest BCUT2D eigenvalue weighted by Gasteiger charge is 2.18. The van der Waals surface area contributed by atoms with Gasteiger partial charge in [0, 0.05) is 28.4 Å². The van der Waals surface area contributed by atoms with Gasteiger partial charge in [-0.15, -0.1) is 0 Å². The van der Waals surface area contributed by atoms with Crippen molar-refractivity contribution in [1.29, 1.82) is 0 Å². The number of benzene rings is 2. The third kappa shape index (κ3) is 4.13. The van der Waals surface area contributed by atoms with E-state index >= 15 is 0 Å². The lowest BCUT2D eigenvalue weighted by molar-refractivity contribution is 0.0937.